The molecule has 6 heteroatoms. The van der Waals surface area contributed by atoms with Crippen molar-refractivity contribution < 1.29 is 18.7 Å². The van der Waals surface area contributed by atoms with Crippen molar-refractivity contribution in [3.8, 4) is 5.75 Å². The van der Waals surface area contributed by atoms with Gasteiger partial charge >= 0.3 is 0 Å². The second-order valence-electron chi connectivity index (χ2n) is 7.51. The number of ether oxygens (including phenoxy) is 1. The first-order chi connectivity index (χ1) is 15.5. The number of methoxy groups -OCH3 is 1. The highest BCUT2D eigenvalue weighted by molar-refractivity contribution is 5.87. The molecule has 0 spiro atoms. The third-order valence-electron chi connectivity index (χ3n) is 5.27. The Balaban J connectivity index is 1.84. The first-order valence-corrected chi connectivity index (χ1v) is 10.4. The van der Waals surface area contributed by atoms with Crippen LogP contribution in [-0.2, 0) is 29.1 Å². The number of halogens is 1. The molecule has 3 rings (SSSR count). The Kier molecular flexibility index (Phi) is 7.97. The fraction of sp³-hybridized carbons (Fsp3) is 0.231. The lowest BCUT2D eigenvalue weighted by molar-refractivity contribution is -0.139. The summed E-state index contributed by atoms with van der Waals surface area (Å²) in [6, 6.07) is 22.2. The monoisotopic (exact) mass is 434 g/mol. The average Bonchev–Trinajstić information content (AvgIpc) is 2.81. The number of nitrogens with zero attached hydrogens (tertiary/aromatic N) is 1. The first-order valence-electron chi connectivity index (χ1n) is 10.4. The van der Waals surface area contributed by atoms with Crippen molar-refractivity contribution in [2.24, 2.45) is 0 Å². The minimum absolute atomic E-state index is 0.204. The van der Waals surface area contributed by atoms with Gasteiger partial charge in [0.05, 0.1) is 7.11 Å². The highest BCUT2D eigenvalue weighted by Crippen LogP contribution is 2.18. The van der Waals surface area contributed by atoms with Crippen LogP contribution in [0.5, 0.6) is 5.75 Å². The van der Waals surface area contributed by atoms with Gasteiger partial charge in [-0.2, -0.15) is 0 Å². The van der Waals surface area contributed by atoms with E-state index in [9.17, 15) is 14.0 Å². The Morgan fingerprint density at radius 2 is 1.59 bits per heavy atom. The van der Waals surface area contributed by atoms with Crippen LogP contribution in [0.3, 0.4) is 0 Å². The summed E-state index contributed by atoms with van der Waals surface area (Å²) in [5, 5.41) is 2.95. The fourth-order valence-electron chi connectivity index (χ4n) is 3.56. The van der Waals surface area contributed by atoms with E-state index < -0.39 is 6.04 Å². The summed E-state index contributed by atoms with van der Waals surface area (Å²) < 4.78 is 18.7. The summed E-state index contributed by atoms with van der Waals surface area (Å²) in [6.45, 7) is 1.92. The zero-order chi connectivity index (χ0) is 22.9. The van der Waals surface area contributed by atoms with E-state index in [1.165, 1.54) is 24.0 Å². The van der Waals surface area contributed by atoms with Crippen molar-refractivity contribution in [3.63, 3.8) is 0 Å². The molecule has 0 aromatic heterocycles. The SMILES string of the molecule is COc1ccccc1CNC(=O)C(Cc1ccccc1)N(Cc1ccc(F)cc1)C(C)=O. The molecule has 0 radical (unpaired) electrons. The van der Waals surface area contributed by atoms with Crippen molar-refractivity contribution in [2.75, 3.05) is 7.11 Å². The van der Waals surface area contributed by atoms with Crippen LogP contribution in [0.1, 0.15) is 23.6 Å². The van der Waals surface area contributed by atoms with E-state index in [2.05, 4.69) is 5.32 Å². The van der Waals surface area contributed by atoms with E-state index in [0.717, 1.165) is 16.7 Å². The van der Waals surface area contributed by atoms with Gasteiger partial charge in [-0.15, -0.1) is 0 Å². The molecule has 1 N–H and O–H groups in total. The highest BCUT2D eigenvalue weighted by atomic mass is 19.1. The Morgan fingerprint density at radius 3 is 2.25 bits per heavy atom. The second-order valence-corrected chi connectivity index (χ2v) is 7.51. The van der Waals surface area contributed by atoms with E-state index in [1.807, 2.05) is 54.6 Å². The summed E-state index contributed by atoms with van der Waals surface area (Å²) in [5.74, 6) is -0.166. The second kappa shape index (κ2) is 11.1. The van der Waals surface area contributed by atoms with Gasteiger partial charge in [-0.25, -0.2) is 4.39 Å². The van der Waals surface area contributed by atoms with Crippen molar-refractivity contribution in [3.05, 3.63) is 101 Å². The maximum absolute atomic E-state index is 13.3. The van der Waals surface area contributed by atoms with Crippen LogP contribution in [0.4, 0.5) is 4.39 Å². The summed E-state index contributed by atoms with van der Waals surface area (Å²) in [6.07, 6.45) is 0.360. The maximum Gasteiger partial charge on any atom is 0.243 e. The van der Waals surface area contributed by atoms with Crippen LogP contribution in [0.25, 0.3) is 0 Å². The molecule has 166 valence electrons. The van der Waals surface area contributed by atoms with Crippen LogP contribution < -0.4 is 10.1 Å². The zero-order valence-corrected chi connectivity index (χ0v) is 18.3. The number of carbonyl (C=O) groups excluding carboxylic acids is 2. The molecule has 0 heterocycles. The minimum atomic E-state index is -0.727. The third-order valence-corrected chi connectivity index (χ3v) is 5.27. The number of carbonyl (C=O) groups is 2. The molecule has 0 saturated carbocycles. The van der Waals surface area contributed by atoms with Gasteiger partial charge in [0, 0.05) is 32.0 Å². The van der Waals surface area contributed by atoms with Crippen molar-refractivity contribution in [1.29, 1.82) is 0 Å². The molecule has 0 aliphatic carbocycles. The molecule has 1 unspecified atom stereocenters. The number of amides is 2. The van der Waals surface area contributed by atoms with E-state index in [-0.39, 0.29) is 30.7 Å². The summed E-state index contributed by atoms with van der Waals surface area (Å²) in [7, 11) is 1.58. The lowest BCUT2D eigenvalue weighted by Gasteiger charge is -2.30. The van der Waals surface area contributed by atoms with Crippen molar-refractivity contribution >= 4 is 11.8 Å². The van der Waals surface area contributed by atoms with Crippen LogP contribution in [0.2, 0.25) is 0 Å². The molecule has 0 aliphatic heterocycles. The topological polar surface area (TPSA) is 58.6 Å². The Hall–Kier alpha value is -3.67. The maximum atomic E-state index is 13.3. The Bertz CT molecular complexity index is 1040. The zero-order valence-electron chi connectivity index (χ0n) is 18.3. The molecule has 32 heavy (non-hydrogen) atoms. The molecule has 5 nitrogen and oxygen atoms in total. The van der Waals surface area contributed by atoms with Gasteiger partial charge in [0.15, 0.2) is 0 Å². The molecule has 0 aliphatic rings. The molecule has 3 aromatic carbocycles. The van der Waals surface area contributed by atoms with Crippen LogP contribution in [-0.4, -0.2) is 29.9 Å². The summed E-state index contributed by atoms with van der Waals surface area (Å²) >= 11 is 0. The molecule has 0 fully saturated rings. The van der Waals surface area contributed by atoms with Crippen molar-refractivity contribution in [2.45, 2.75) is 32.5 Å². The quantitative estimate of drug-likeness (QED) is 0.551. The van der Waals surface area contributed by atoms with Gasteiger partial charge in [0.2, 0.25) is 11.8 Å². The number of para-hydroxylation sites is 1. The molecular weight excluding hydrogens is 407 g/mol. The third kappa shape index (κ3) is 6.17. The van der Waals surface area contributed by atoms with Crippen LogP contribution in [0.15, 0.2) is 78.9 Å². The average molecular weight is 435 g/mol. The summed E-state index contributed by atoms with van der Waals surface area (Å²) in [4.78, 5) is 27.4. The number of benzene rings is 3. The Morgan fingerprint density at radius 1 is 0.938 bits per heavy atom. The Labute approximate surface area is 187 Å². The van der Waals surface area contributed by atoms with Gasteiger partial charge < -0.3 is 15.0 Å². The minimum Gasteiger partial charge on any atom is -0.496 e. The number of hydrogen-bond acceptors (Lipinski definition) is 3. The van der Waals surface area contributed by atoms with Crippen molar-refractivity contribution in [1.82, 2.24) is 10.2 Å². The van der Waals surface area contributed by atoms with Gasteiger partial charge in [-0.05, 0) is 29.3 Å². The first kappa shape index (κ1) is 23.0. The van der Waals surface area contributed by atoms with Crippen LogP contribution in [0, 0.1) is 5.82 Å². The molecule has 0 saturated heterocycles. The molecular formula is C26H27FN2O3. The number of hydrogen-bond donors (Lipinski definition) is 1. The van der Waals surface area contributed by atoms with E-state index in [1.54, 1.807) is 19.2 Å². The van der Waals surface area contributed by atoms with Gasteiger partial charge in [0.1, 0.15) is 17.6 Å². The molecule has 1 atom stereocenters. The van der Waals surface area contributed by atoms with E-state index in [4.69, 9.17) is 4.74 Å². The predicted octanol–water partition coefficient (Wildman–Crippen LogP) is 4.11. The van der Waals surface area contributed by atoms with E-state index in [0.29, 0.717) is 12.2 Å². The van der Waals surface area contributed by atoms with E-state index >= 15 is 0 Å². The number of nitrogens with one attached hydrogen (secondary N) is 1. The largest absolute Gasteiger partial charge is 0.496 e. The summed E-state index contributed by atoms with van der Waals surface area (Å²) in [5.41, 5.74) is 2.53. The smallest absolute Gasteiger partial charge is 0.243 e. The lowest BCUT2D eigenvalue weighted by atomic mass is 10.0. The lowest BCUT2D eigenvalue weighted by Crippen LogP contribution is -2.49. The standard InChI is InChI=1S/C26H27FN2O3/c1-19(30)29(18-21-12-14-23(27)15-13-21)24(16-20-8-4-3-5-9-20)26(31)28-17-22-10-6-7-11-25(22)32-2/h3-15,24H,16-18H2,1-2H3,(H,28,31). The van der Waals surface area contributed by atoms with Gasteiger partial charge in [0.25, 0.3) is 0 Å². The number of rotatable bonds is 9. The molecule has 2 amide bonds. The highest BCUT2D eigenvalue weighted by Gasteiger charge is 2.28. The van der Waals surface area contributed by atoms with Gasteiger partial charge in [-0.1, -0.05) is 60.7 Å². The fourth-order valence-corrected chi connectivity index (χ4v) is 3.56. The molecule has 0 bridgehead atoms. The molecule has 3 aromatic rings. The normalized spacial score (nSPS) is 11.5. The van der Waals surface area contributed by atoms with Crippen LogP contribution >= 0.6 is 0 Å². The van der Waals surface area contributed by atoms with Gasteiger partial charge in [-0.3, -0.25) is 9.59 Å². The predicted molar refractivity (Wildman–Crippen MR) is 121 cm³/mol.